The maximum absolute atomic E-state index is 11.5. The van der Waals surface area contributed by atoms with Gasteiger partial charge >= 0.3 is 0 Å². The summed E-state index contributed by atoms with van der Waals surface area (Å²) in [7, 11) is 0. The topological polar surface area (TPSA) is 17.1 Å². The van der Waals surface area contributed by atoms with Crippen LogP contribution in [0.25, 0.3) is 0 Å². The summed E-state index contributed by atoms with van der Waals surface area (Å²) in [5.74, 6) is 0.331. The summed E-state index contributed by atoms with van der Waals surface area (Å²) < 4.78 is 0. The number of rotatable bonds is 1. The Labute approximate surface area is 88.5 Å². The minimum Gasteiger partial charge on any atom is -0.299 e. The van der Waals surface area contributed by atoms with Gasteiger partial charge in [0.1, 0.15) is 5.78 Å². The molecule has 2 heteroatoms. The molecule has 74 valence electrons. The molecule has 0 unspecified atom stereocenters. The molecule has 0 bridgehead atoms. The van der Waals surface area contributed by atoms with Crippen LogP contribution in [0.15, 0.2) is 29.7 Å². The fourth-order valence-corrected chi connectivity index (χ4v) is 3.14. The van der Waals surface area contributed by atoms with Gasteiger partial charge in [-0.2, -0.15) is 0 Å². The average Bonchev–Trinajstić information content (AvgIpc) is 2.52. The van der Waals surface area contributed by atoms with Crippen molar-refractivity contribution >= 4 is 17.1 Å². The number of ketones is 1. The van der Waals surface area contributed by atoms with Crippen LogP contribution in [-0.2, 0) is 10.2 Å². The van der Waals surface area contributed by atoms with Gasteiger partial charge in [0, 0.05) is 23.1 Å². The molecule has 0 amide bonds. The summed E-state index contributed by atoms with van der Waals surface area (Å²) in [5.41, 5.74) is 1.10. The van der Waals surface area contributed by atoms with Gasteiger partial charge in [0.2, 0.25) is 0 Å². The van der Waals surface area contributed by atoms with Crippen LogP contribution < -0.4 is 0 Å². The van der Waals surface area contributed by atoms with E-state index in [9.17, 15) is 4.79 Å². The van der Waals surface area contributed by atoms with E-state index in [-0.39, 0.29) is 5.41 Å². The van der Waals surface area contributed by atoms with Crippen molar-refractivity contribution < 1.29 is 4.79 Å². The molecule has 1 fully saturated rings. The number of allylic oxidation sites excluding steroid dienone is 1. The van der Waals surface area contributed by atoms with Gasteiger partial charge in [-0.05, 0) is 17.9 Å². The van der Waals surface area contributed by atoms with Gasteiger partial charge in [-0.15, -0.1) is 11.3 Å². The molecule has 1 nitrogen and oxygen atoms in total. The van der Waals surface area contributed by atoms with E-state index < -0.39 is 0 Å². The van der Waals surface area contributed by atoms with Crippen LogP contribution in [0, 0.1) is 0 Å². The summed E-state index contributed by atoms with van der Waals surface area (Å²) in [4.78, 5) is 12.8. The largest absolute Gasteiger partial charge is 0.299 e. The predicted molar refractivity (Wildman–Crippen MR) is 59.7 cm³/mol. The average molecular weight is 206 g/mol. The highest BCUT2D eigenvalue weighted by molar-refractivity contribution is 7.10. The van der Waals surface area contributed by atoms with Crippen molar-refractivity contribution in [2.45, 2.75) is 31.6 Å². The summed E-state index contributed by atoms with van der Waals surface area (Å²) in [5, 5.41) is 2.07. The van der Waals surface area contributed by atoms with Crippen molar-refractivity contribution in [2.75, 3.05) is 0 Å². The number of Topliss-reactive ketones (excluding diaryl/α,β-unsaturated/α-hetero) is 1. The zero-order chi connectivity index (χ0) is 10.2. The Kier molecular flexibility index (Phi) is 2.31. The predicted octanol–water partition coefficient (Wildman–Crippen LogP) is 3.32. The number of thiophene rings is 1. The Morgan fingerprint density at radius 1 is 1.50 bits per heavy atom. The maximum atomic E-state index is 11.5. The lowest BCUT2D eigenvalue weighted by Crippen LogP contribution is -2.30. The van der Waals surface area contributed by atoms with Crippen molar-refractivity contribution in [3.05, 3.63) is 34.5 Å². The molecule has 1 aromatic heterocycles. The van der Waals surface area contributed by atoms with Gasteiger partial charge in [-0.25, -0.2) is 0 Å². The molecular weight excluding hydrogens is 192 g/mol. The Hall–Kier alpha value is -0.890. The Balaban J connectivity index is 2.31. The Bertz CT molecular complexity index is 346. The highest BCUT2D eigenvalue weighted by Crippen LogP contribution is 2.41. The zero-order valence-electron chi connectivity index (χ0n) is 8.38. The molecule has 0 N–H and O–H groups in total. The molecule has 1 atom stereocenters. The Morgan fingerprint density at radius 3 is 2.86 bits per heavy atom. The first-order valence-electron chi connectivity index (χ1n) is 4.82. The molecule has 1 aliphatic carbocycles. The number of carbonyl (C=O) groups is 1. The highest BCUT2D eigenvalue weighted by atomic mass is 32.1. The molecule has 0 aromatic carbocycles. The van der Waals surface area contributed by atoms with E-state index in [1.165, 1.54) is 4.88 Å². The first kappa shape index (κ1) is 9.66. The molecule has 1 aliphatic rings. The van der Waals surface area contributed by atoms with Gasteiger partial charge in [-0.1, -0.05) is 25.1 Å². The van der Waals surface area contributed by atoms with Crippen LogP contribution in [0.4, 0.5) is 0 Å². The SMILES string of the molecule is C=C1CC(=O)C[C@@](C)(c2cccs2)C1. The fraction of sp³-hybridized carbons (Fsp3) is 0.417. The first-order chi connectivity index (χ1) is 6.60. The number of carbonyl (C=O) groups excluding carboxylic acids is 1. The smallest absolute Gasteiger partial charge is 0.137 e. The third-order valence-electron chi connectivity index (χ3n) is 2.79. The molecule has 1 aromatic rings. The first-order valence-corrected chi connectivity index (χ1v) is 5.70. The van der Waals surface area contributed by atoms with E-state index in [2.05, 4.69) is 24.9 Å². The van der Waals surface area contributed by atoms with Gasteiger partial charge in [-0.3, -0.25) is 4.79 Å². The molecule has 0 saturated heterocycles. The van der Waals surface area contributed by atoms with E-state index in [0.29, 0.717) is 18.6 Å². The molecule has 0 spiro atoms. The lowest BCUT2D eigenvalue weighted by Gasteiger charge is -2.32. The number of hydrogen-bond donors (Lipinski definition) is 0. The van der Waals surface area contributed by atoms with Crippen LogP contribution in [0.5, 0.6) is 0 Å². The van der Waals surface area contributed by atoms with E-state index >= 15 is 0 Å². The molecule has 2 rings (SSSR count). The van der Waals surface area contributed by atoms with Gasteiger partial charge in [0.25, 0.3) is 0 Å². The third kappa shape index (κ3) is 1.67. The van der Waals surface area contributed by atoms with Gasteiger partial charge in [0.05, 0.1) is 0 Å². The van der Waals surface area contributed by atoms with Crippen LogP contribution in [0.2, 0.25) is 0 Å². The van der Waals surface area contributed by atoms with Crippen molar-refractivity contribution in [3.63, 3.8) is 0 Å². The van der Waals surface area contributed by atoms with E-state index in [1.54, 1.807) is 11.3 Å². The van der Waals surface area contributed by atoms with Crippen LogP contribution in [0.3, 0.4) is 0 Å². The lowest BCUT2D eigenvalue weighted by molar-refractivity contribution is -0.120. The summed E-state index contributed by atoms with van der Waals surface area (Å²) >= 11 is 1.74. The summed E-state index contributed by atoms with van der Waals surface area (Å²) in [6, 6.07) is 4.17. The zero-order valence-corrected chi connectivity index (χ0v) is 9.19. The van der Waals surface area contributed by atoms with Crippen LogP contribution in [0.1, 0.15) is 31.1 Å². The second kappa shape index (κ2) is 3.35. The lowest BCUT2D eigenvalue weighted by atomic mass is 9.72. The minimum atomic E-state index is 0.0145. The molecule has 1 saturated carbocycles. The molecule has 0 radical (unpaired) electrons. The van der Waals surface area contributed by atoms with E-state index in [0.717, 1.165) is 12.0 Å². The van der Waals surface area contributed by atoms with Crippen molar-refractivity contribution in [1.82, 2.24) is 0 Å². The van der Waals surface area contributed by atoms with E-state index in [1.807, 2.05) is 6.07 Å². The number of hydrogen-bond acceptors (Lipinski definition) is 2. The van der Waals surface area contributed by atoms with Crippen LogP contribution >= 0.6 is 11.3 Å². The second-order valence-electron chi connectivity index (χ2n) is 4.36. The Morgan fingerprint density at radius 2 is 2.29 bits per heavy atom. The molecule has 1 heterocycles. The van der Waals surface area contributed by atoms with Gasteiger partial charge < -0.3 is 0 Å². The molecule has 14 heavy (non-hydrogen) atoms. The summed E-state index contributed by atoms with van der Waals surface area (Å²) in [6.07, 6.45) is 2.22. The monoisotopic (exact) mass is 206 g/mol. The maximum Gasteiger partial charge on any atom is 0.137 e. The molecule has 0 aliphatic heterocycles. The van der Waals surface area contributed by atoms with Crippen molar-refractivity contribution in [3.8, 4) is 0 Å². The third-order valence-corrected chi connectivity index (χ3v) is 3.97. The summed E-state index contributed by atoms with van der Waals surface area (Å²) in [6.45, 7) is 6.12. The van der Waals surface area contributed by atoms with E-state index in [4.69, 9.17) is 0 Å². The standard InChI is InChI=1S/C12H14OS/c1-9-6-10(13)8-12(2,7-9)11-4-3-5-14-11/h3-5H,1,6-8H2,2H3/t12-/m0/s1. The second-order valence-corrected chi connectivity index (χ2v) is 5.30. The minimum absolute atomic E-state index is 0.0145. The van der Waals surface area contributed by atoms with Crippen molar-refractivity contribution in [2.24, 2.45) is 0 Å². The quantitative estimate of drug-likeness (QED) is 0.644. The normalized spacial score (nSPS) is 28.1. The molecular formula is C12H14OS. The highest BCUT2D eigenvalue weighted by Gasteiger charge is 2.35. The van der Waals surface area contributed by atoms with Crippen molar-refractivity contribution in [1.29, 1.82) is 0 Å². The fourth-order valence-electron chi connectivity index (χ4n) is 2.25. The van der Waals surface area contributed by atoms with Gasteiger partial charge in [0.15, 0.2) is 0 Å². The van der Waals surface area contributed by atoms with Crippen LogP contribution in [-0.4, -0.2) is 5.78 Å².